The van der Waals surface area contributed by atoms with Gasteiger partial charge in [-0.05, 0) is 147 Å². The van der Waals surface area contributed by atoms with Crippen LogP contribution in [0.15, 0.2) is 62.2 Å². The van der Waals surface area contributed by atoms with Gasteiger partial charge in [0.15, 0.2) is 0 Å². The summed E-state index contributed by atoms with van der Waals surface area (Å²) >= 11 is 0. The Morgan fingerprint density at radius 2 is 0.813 bits per heavy atom. The Morgan fingerprint density at radius 1 is 0.427 bits per heavy atom. The standard InChI is InChI=1S/C39H58N6O6.C38H58N6O7.C35H58N6O7/c1-11-15-26(31(47)34(49)40-18-12-2)41-33(48)30-29-25(39(29,9)10)21-45(30)35(50)32(38(6,7)8)43-36(51)42-27(37(3,4)5)22-44-20-24-17-14-13-16-23(24)19-28(44)46;1-7-18-39-34(49)32(47)25(19-22-16-17-22)40-33(48)31-29-24(38(29,5)6)20-44(31)35(50)30(23-12-9-8-10-13-23)42-36(51)41-26(37(2,3)4)21-43-27(45)14-11-15-28(43)46;1-11-13-15-22(26(42)29(44)36-16-12-2)37-28(43)25-24-21(35(24,9)10)19-41(25)30(45)27(34(6,7)8)39-31(46)38-23(33(3,4)5)20-40-17-14-18-48-32(40)47/h12-14,16-17,25-27,29-30,32H,2,11,15,18-22H2,1,3-10H3,(H,40,49)(H,41,48)(H2,42,43,51);7,22-26,29-31H,1,8-21H2,2-6H3,(H,39,49)(H,40,48)(H2,41,42,51);12,21-25,27H,2,11,13-20H2,1,3-10H3,(H,36,44)(H,37,43)(H2,38,39,46)/t25-,26?,27+,29-,30-,32+;24-,25?,26+,29-,30-,31-;21-,22?,23+,24-,25-,27+/m000/s1. The lowest BCUT2D eigenvalue weighted by Crippen LogP contribution is -2.63. The molecule has 150 heavy (non-hydrogen) atoms. The molecular formula is C112H174N18O20. The van der Waals surface area contributed by atoms with E-state index in [0.717, 1.165) is 62.5 Å². The number of piperidine rings is 4. The zero-order valence-electron chi connectivity index (χ0n) is 93.3. The van der Waals surface area contributed by atoms with Crippen molar-refractivity contribution in [1.29, 1.82) is 0 Å². The molecule has 1 aromatic carbocycles. The second-order valence-electron chi connectivity index (χ2n) is 50.5. The summed E-state index contributed by atoms with van der Waals surface area (Å²) in [7, 11) is 0. The van der Waals surface area contributed by atoms with Crippen LogP contribution in [0.5, 0.6) is 0 Å². The fourth-order valence-electron chi connectivity index (χ4n) is 22.9. The van der Waals surface area contributed by atoms with Gasteiger partial charge in [-0.2, -0.15) is 0 Å². The number of carbonyl (C=O) groups is 19. The van der Waals surface area contributed by atoms with E-state index in [2.05, 4.69) is 125 Å². The Labute approximate surface area is 886 Å². The van der Waals surface area contributed by atoms with E-state index in [1.807, 2.05) is 142 Å². The number of nitrogens with one attached hydrogen (secondary N) is 12. The first-order valence-electron chi connectivity index (χ1n) is 54.4. The molecule has 12 N–H and O–H groups in total. The van der Waals surface area contributed by atoms with E-state index in [1.165, 1.54) is 28.0 Å². The maximum Gasteiger partial charge on any atom is 0.409 e. The van der Waals surface area contributed by atoms with Crippen LogP contribution in [0.25, 0.3) is 0 Å². The molecule has 38 nitrogen and oxygen atoms in total. The maximum atomic E-state index is 14.7. The van der Waals surface area contributed by atoms with Gasteiger partial charge >= 0.3 is 24.2 Å². The Morgan fingerprint density at radius 3 is 1.21 bits per heavy atom. The highest BCUT2D eigenvalue weighted by Gasteiger charge is 2.73. The topological polar surface area (TPSA) is 497 Å². The van der Waals surface area contributed by atoms with Gasteiger partial charge in [0.1, 0.15) is 36.3 Å². The minimum absolute atomic E-state index is 0.00647. The summed E-state index contributed by atoms with van der Waals surface area (Å²) in [6, 6.07) is -3.80. The van der Waals surface area contributed by atoms with Gasteiger partial charge in [0.05, 0.1) is 49.3 Å². The third-order valence-corrected chi connectivity index (χ3v) is 33.0. The molecule has 5 aliphatic carbocycles. The molecule has 18 atom stereocenters. The molecule has 12 rings (SSSR count). The van der Waals surface area contributed by atoms with Gasteiger partial charge in [-0.15, -0.1) is 19.7 Å². The first-order valence-corrected chi connectivity index (χ1v) is 54.4. The number of imide groups is 1. The van der Waals surface area contributed by atoms with Crippen molar-refractivity contribution in [2.45, 2.75) is 354 Å². The average molecular weight is 2090 g/mol. The van der Waals surface area contributed by atoms with Crippen molar-refractivity contribution in [3.8, 4) is 0 Å². The first-order chi connectivity index (χ1) is 70.0. The summed E-state index contributed by atoms with van der Waals surface area (Å²) in [6.07, 6.45) is 15.2. The lowest BCUT2D eigenvalue weighted by molar-refractivity contribution is -0.149. The highest BCUT2D eigenvalue weighted by atomic mass is 16.6. The van der Waals surface area contributed by atoms with Crippen molar-refractivity contribution in [1.82, 2.24) is 93.2 Å². The lowest BCUT2D eigenvalue weighted by Gasteiger charge is -2.40. The number of nitrogens with zero attached hydrogens (tertiary/aromatic N) is 6. The van der Waals surface area contributed by atoms with Crippen LogP contribution in [0.3, 0.4) is 0 Å². The van der Waals surface area contributed by atoms with Crippen molar-refractivity contribution in [3.05, 3.63) is 73.4 Å². The van der Waals surface area contributed by atoms with E-state index in [1.54, 1.807) is 19.6 Å². The SMILES string of the molecule is C=CCNC(=O)C(=O)C(CC1CC1)NC(=O)[C@@H]1[C@@H]2[C@H](CN1C(=O)[C@@H](NC(=O)N[C@H](CN1C(=O)CCCC1=O)C(C)(C)C)C1CCCCC1)C2(C)C.C=CCNC(=O)C(=O)C(CCC)NC(=O)[C@@H]1[C@@H]2[C@H](CN1C(=O)[C@@H](NC(=O)N[C@H](CN1Cc3ccccc3CC1=O)C(C)(C)C)C(C)(C)C)C2(C)C.C=CCNC(=O)C(=O)C(CCCC)NC(=O)[C@@H]1[C@@H]2[C@H](CN1C(=O)[C@@H](NC(=O)N[C@H](CN1CCCOC1=O)C(C)(C)C)C(C)(C)C)C2(C)C. The van der Waals surface area contributed by atoms with E-state index >= 15 is 0 Å². The summed E-state index contributed by atoms with van der Waals surface area (Å²) in [4.78, 5) is 264. The van der Waals surface area contributed by atoms with Crippen molar-refractivity contribution < 1.29 is 95.8 Å². The summed E-state index contributed by atoms with van der Waals surface area (Å²) in [5.74, 6) is -7.69. The molecule has 10 fully saturated rings. The number of carbonyl (C=O) groups excluding carboxylic acids is 19. The maximum absolute atomic E-state index is 14.7. The number of cyclic esters (lactones) is 1. The van der Waals surface area contributed by atoms with Crippen LogP contribution in [0, 0.1) is 90.7 Å². The number of benzene rings is 1. The lowest BCUT2D eigenvalue weighted by atomic mass is 9.83. The van der Waals surface area contributed by atoms with Crippen LogP contribution in [0.4, 0.5) is 19.2 Å². The number of Topliss-reactive ketones (excluding diaryl/α,β-unsaturated/α-hetero) is 3. The van der Waals surface area contributed by atoms with Crippen LogP contribution in [-0.4, -0.2) is 286 Å². The predicted octanol–water partition coefficient (Wildman–Crippen LogP) is 9.15. The third kappa shape index (κ3) is 29.6. The van der Waals surface area contributed by atoms with E-state index in [0.29, 0.717) is 84.4 Å². The number of unbranched alkanes of at least 4 members (excludes halogenated alkanes) is 1. The van der Waals surface area contributed by atoms with Gasteiger partial charge in [-0.1, -0.05) is 253 Å². The molecule has 832 valence electrons. The van der Waals surface area contributed by atoms with Crippen LogP contribution in [0.1, 0.15) is 280 Å². The third-order valence-electron chi connectivity index (χ3n) is 33.0. The van der Waals surface area contributed by atoms with Crippen LogP contribution in [0.2, 0.25) is 0 Å². The summed E-state index contributed by atoms with van der Waals surface area (Å²) in [5, 5.41) is 33.9. The average Bonchev–Trinajstić information content (AvgIpc) is 1.53. The number of ketones is 3. The van der Waals surface area contributed by atoms with Gasteiger partial charge in [-0.3, -0.25) is 76.8 Å². The Bertz CT molecular complexity index is 5180. The molecule has 19 amide bonds. The second-order valence-corrected chi connectivity index (χ2v) is 50.5. The fourth-order valence-corrected chi connectivity index (χ4v) is 22.9. The number of likely N-dealkylation sites (tertiary alicyclic amines) is 4. The van der Waals surface area contributed by atoms with E-state index in [9.17, 15) is 91.1 Å². The quantitative estimate of drug-likeness (QED) is 0.0165. The molecule has 38 heteroatoms. The number of fused-ring (bicyclic) bond motifs is 4. The van der Waals surface area contributed by atoms with E-state index in [-0.39, 0.29) is 146 Å². The first kappa shape index (κ1) is 120. The highest BCUT2D eigenvalue weighted by Crippen LogP contribution is 2.67. The Kier molecular flexibility index (Phi) is 39.6. The van der Waals surface area contributed by atoms with Crippen molar-refractivity contribution in [3.63, 3.8) is 0 Å². The van der Waals surface area contributed by atoms with Crippen LogP contribution >= 0.6 is 0 Å². The van der Waals surface area contributed by atoms with Crippen molar-refractivity contribution in [2.24, 2.45) is 90.7 Å². The minimum Gasteiger partial charge on any atom is -0.449 e. The molecule has 0 spiro atoms. The number of ether oxygens (including phenoxy) is 1. The predicted molar refractivity (Wildman–Crippen MR) is 566 cm³/mol. The molecule has 0 bridgehead atoms. The van der Waals surface area contributed by atoms with Crippen LogP contribution < -0.4 is 63.8 Å². The molecular weight excluding hydrogens is 1920 g/mol. The van der Waals surface area contributed by atoms with E-state index in [4.69, 9.17) is 4.74 Å². The van der Waals surface area contributed by atoms with Gasteiger partial charge in [0.25, 0.3) is 17.7 Å². The molecule has 5 saturated carbocycles. The molecule has 3 unspecified atom stereocenters. The van der Waals surface area contributed by atoms with Crippen LogP contribution in [-0.2, 0) is 89.6 Å². The number of rotatable bonds is 41. The van der Waals surface area contributed by atoms with Crippen molar-refractivity contribution >= 4 is 112 Å². The molecule has 5 saturated heterocycles. The number of urea groups is 3. The minimum atomic E-state index is -1.04. The zero-order chi connectivity index (χ0) is 111. The molecule has 6 aliphatic heterocycles. The Hall–Kier alpha value is -11.6. The smallest absolute Gasteiger partial charge is 0.409 e. The number of hydrogen-bond donors (Lipinski definition) is 12. The molecule has 0 radical (unpaired) electrons. The Balaban J connectivity index is 0.000000230. The summed E-state index contributed by atoms with van der Waals surface area (Å²) in [5.41, 5.74) is -1.30. The number of hydrogen-bond acceptors (Lipinski definition) is 20. The molecule has 11 aliphatic rings. The number of amides is 19. The van der Waals surface area contributed by atoms with Gasteiger partial charge in [-0.25, -0.2) is 19.2 Å². The molecule has 1 aromatic rings. The van der Waals surface area contributed by atoms with Gasteiger partial charge in [0, 0.05) is 84.8 Å². The normalized spacial score (nSPS) is 24.1. The zero-order valence-corrected chi connectivity index (χ0v) is 93.3. The van der Waals surface area contributed by atoms with Gasteiger partial charge < -0.3 is 93.0 Å². The summed E-state index contributed by atoms with van der Waals surface area (Å²) in [6.45, 7) is 59.0. The molecule has 6 heterocycles. The van der Waals surface area contributed by atoms with E-state index < -0.39 is 188 Å². The molecule has 0 aromatic heterocycles. The largest absolute Gasteiger partial charge is 0.449 e. The summed E-state index contributed by atoms with van der Waals surface area (Å²) < 4.78 is 5.18. The highest BCUT2D eigenvalue weighted by molar-refractivity contribution is 6.39. The van der Waals surface area contributed by atoms with Gasteiger partial charge in [0.2, 0.25) is 70.5 Å². The fraction of sp³-hybridized carbons (Fsp3) is 0.723. The second kappa shape index (κ2) is 49.4. The van der Waals surface area contributed by atoms with Crippen molar-refractivity contribution in [2.75, 3.05) is 72.1 Å². The monoisotopic (exact) mass is 2090 g/mol.